The number of pyridine rings is 1. The molecule has 0 saturated carbocycles. The first-order chi connectivity index (χ1) is 16.0. The van der Waals surface area contributed by atoms with E-state index in [4.69, 9.17) is 0 Å². The second-order valence-electron chi connectivity index (χ2n) is 8.15. The molecule has 33 heavy (non-hydrogen) atoms. The van der Waals surface area contributed by atoms with Crippen molar-refractivity contribution < 1.29 is 8.78 Å². The summed E-state index contributed by atoms with van der Waals surface area (Å²) < 4.78 is 29.2. The zero-order valence-corrected chi connectivity index (χ0v) is 18.5. The molecular weight excluding hydrogens is 422 g/mol. The highest BCUT2D eigenvalue weighted by molar-refractivity contribution is 5.96. The van der Waals surface area contributed by atoms with Gasteiger partial charge in [0, 0.05) is 62.1 Å². The molecule has 0 unspecified atom stereocenters. The van der Waals surface area contributed by atoms with Crippen LogP contribution in [0.4, 0.5) is 20.2 Å². The van der Waals surface area contributed by atoms with Crippen LogP contribution in [-0.2, 0) is 0 Å². The van der Waals surface area contributed by atoms with Gasteiger partial charge in [-0.1, -0.05) is 6.07 Å². The molecule has 0 aliphatic carbocycles. The lowest BCUT2D eigenvalue weighted by molar-refractivity contribution is 0.500. The minimum absolute atomic E-state index is 0.289. The molecule has 0 spiro atoms. The highest BCUT2D eigenvalue weighted by atomic mass is 19.2. The third-order valence-electron chi connectivity index (χ3n) is 6.05. The van der Waals surface area contributed by atoms with Crippen LogP contribution in [0, 0.1) is 18.6 Å². The minimum Gasteiger partial charge on any atom is -0.367 e. The van der Waals surface area contributed by atoms with Gasteiger partial charge >= 0.3 is 0 Å². The van der Waals surface area contributed by atoms with Crippen molar-refractivity contribution in [1.82, 2.24) is 15.3 Å². The fourth-order valence-electron chi connectivity index (χ4n) is 4.32. The zero-order valence-electron chi connectivity index (χ0n) is 18.5. The van der Waals surface area contributed by atoms with Crippen molar-refractivity contribution in [3.8, 4) is 22.3 Å². The van der Waals surface area contributed by atoms with Gasteiger partial charge in [0.25, 0.3) is 0 Å². The molecular formula is C25H24F2N6. The van der Waals surface area contributed by atoms with Crippen molar-refractivity contribution in [2.75, 3.05) is 38.1 Å². The van der Waals surface area contributed by atoms with Gasteiger partial charge in [-0.2, -0.15) is 10.2 Å². The number of azo groups is 1. The zero-order chi connectivity index (χ0) is 22.9. The van der Waals surface area contributed by atoms with Crippen LogP contribution in [0.25, 0.3) is 33.3 Å². The Morgan fingerprint density at radius 1 is 1.00 bits per heavy atom. The number of nitrogens with one attached hydrogen (secondary N) is 2. The van der Waals surface area contributed by atoms with Crippen LogP contribution in [0.1, 0.15) is 5.56 Å². The molecule has 1 fully saturated rings. The maximum atomic E-state index is 14.6. The molecule has 1 saturated heterocycles. The smallest absolute Gasteiger partial charge is 0.182 e. The Hall–Kier alpha value is -3.65. The number of benzene rings is 2. The Morgan fingerprint density at radius 2 is 1.82 bits per heavy atom. The Bertz CT molecular complexity index is 1350. The van der Waals surface area contributed by atoms with Crippen molar-refractivity contribution >= 4 is 22.4 Å². The van der Waals surface area contributed by atoms with Crippen LogP contribution in [0.3, 0.4) is 0 Å². The van der Waals surface area contributed by atoms with Crippen molar-refractivity contribution in [1.29, 1.82) is 0 Å². The Labute approximate surface area is 190 Å². The SMILES string of the molecule is CN=Nc1ccc(-c2c[nH]c3ncc(-c4cc(F)c(F)c(N5CCNCC5)c4)cc23)cc1C. The largest absolute Gasteiger partial charge is 0.367 e. The predicted molar refractivity (Wildman–Crippen MR) is 127 cm³/mol. The van der Waals surface area contributed by atoms with E-state index < -0.39 is 11.6 Å². The summed E-state index contributed by atoms with van der Waals surface area (Å²) in [4.78, 5) is 9.62. The first-order valence-corrected chi connectivity index (χ1v) is 10.9. The number of piperazine rings is 1. The third kappa shape index (κ3) is 3.98. The number of anilines is 1. The average molecular weight is 447 g/mol. The van der Waals surface area contributed by atoms with E-state index in [1.54, 1.807) is 19.3 Å². The highest BCUT2D eigenvalue weighted by Crippen LogP contribution is 2.35. The number of nitrogens with zero attached hydrogens (tertiary/aromatic N) is 4. The molecule has 8 heteroatoms. The number of fused-ring (bicyclic) bond motifs is 1. The lowest BCUT2D eigenvalue weighted by Crippen LogP contribution is -2.44. The van der Waals surface area contributed by atoms with Crippen LogP contribution < -0.4 is 10.2 Å². The fraction of sp³-hybridized carbons (Fsp3) is 0.240. The van der Waals surface area contributed by atoms with Gasteiger partial charge in [-0.05, 0) is 53.9 Å². The topological polar surface area (TPSA) is 68.7 Å². The van der Waals surface area contributed by atoms with Crippen LogP contribution >= 0.6 is 0 Å². The highest BCUT2D eigenvalue weighted by Gasteiger charge is 2.20. The molecule has 0 amide bonds. The molecule has 2 aromatic carbocycles. The summed E-state index contributed by atoms with van der Waals surface area (Å²) in [6.45, 7) is 4.73. The third-order valence-corrected chi connectivity index (χ3v) is 6.05. The molecule has 5 rings (SSSR count). The summed E-state index contributed by atoms with van der Waals surface area (Å²) in [6.07, 6.45) is 3.60. The molecule has 3 heterocycles. The van der Waals surface area contributed by atoms with Gasteiger partial charge in [-0.25, -0.2) is 13.8 Å². The van der Waals surface area contributed by atoms with Crippen molar-refractivity contribution in [3.05, 3.63) is 66.0 Å². The molecule has 0 bridgehead atoms. The summed E-state index contributed by atoms with van der Waals surface area (Å²) in [6, 6.07) is 10.9. The van der Waals surface area contributed by atoms with Crippen LogP contribution in [0.15, 0.2) is 59.0 Å². The molecule has 168 valence electrons. The van der Waals surface area contributed by atoms with Crippen LogP contribution in [0.2, 0.25) is 0 Å². The Kier molecular flexibility index (Phi) is 5.60. The summed E-state index contributed by atoms with van der Waals surface area (Å²) in [7, 11) is 1.64. The first-order valence-electron chi connectivity index (χ1n) is 10.9. The summed E-state index contributed by atoms with van der Waals surface area (Å²) >= 11 is 0. The van der Waals surface area contributed by atoms with Gasteiger partial charge in [0.1, 0.15) is 5.65 Å². The normalized spacial score (nSPS) is 14.5. The van der Waals surface area contributed by atoms with E-state index in [9.17, 15) is 8.78 Å². The van der Waals surface area contributed by atoms with E-state index in [-0.39, 0.29) is 5.69 Å². The number of hydrogen-bond donors (Lipinski definition) is 2. The van der Waals surface area contributed by atoms with E-state index in [1.807, 2.05) is 36.2 Å². The van der Waals surface area contributed by atoms with Gasteiger partial charge < -0.3 is 15.2 Å². The molecule has 4 aromatic rings. The molecule has 0 atom stereocenters. The molecule has 0 radical (unpaired) electrons. The number of aryl methyl sites for hydroxylation is 1. The van der Waals surface area contributed by atoms with Gasteiger partial charge in [-0.3, -0.25) is 0 Å². The van der Waals surface area contributed by atoms with E-state index >= 15 is 0 Å². The minimum atomic E-state index is -0.855. The summed E-state index contributed by atoms with van der Waals surface area (Å²) in [5.41, 5.74) is 6.17. The Balaban J connectivity index is 1.58. The second kappa shape index (κ2) is 8.71. The number of aromatic nitrogens is 2. The first kappa shape index (κ1) is 21.2. The van der Waals surface area contributed by atoms with Crippen LogP contribution in [-0.4, -0.2) is 43.2 Å². The number of aromatic amines is 1. The van der Waals surface area contributed by atoms with Gasteiger partial charge in [0.15, 0.2) is 11.6 Å². The predicted octanol–water partition coefficient (Wildman–Crippen LogP) is 5.61. The average Bonchev–Trinajstić information content (AvgIpc) is 3.26. The lowest BCUT2D eigenvalue weighted by atomic mass is 10.00. The lowest BCUT2D eigenvalue weighted by Gasteiger charge is -2.30. The quantitative estimate of drug-likeness (QED) is 0.401. The monoisotopic (exact) mass is 446 g/mol. The van der Waals surface area contributed by atoms with E-state index in [0.717, 1.165) is 52.1 Å². The van der Waals surface area contributed by atoms with E-state index in [2.05, 4.69) is 31.6 Å². The van der Waals surface area contributed by atoms with Gasteiger partial charge in [-0.15, -0.1) is 0 Å². The van der Waals surface area contributed by atoms with Crippen molar-refractivity contribution in [3.63, 3.8) is 0 Å². The number of H-pyrrole nitrogens is 1. The Morgan fingerprint density at radius 3 is 2.58 bits per heavy atom. The molecule has 1 aliphatic heterocycles. The molecule has 2 aromatic heterocycles. The summed E-state index contributed by atoms with van der Waals surface area (Å²) in [5.74, 6) is -1.66. The molecule has 2 N–H and O–H groups in total. The molecule has 6 nitrogen and oxygen atoms in total. The second-order valence-corrected chi connectivity index (χ2v) is 8.15. The van der Waals surface area contributed by atoms with E-state index in [0.29, 0.717) is 18.7 Å². The standard InChI is InChI=1S/C25H24F2N6/c1-15-9-16(3-4-22(15)32-28-2)20-14-31-25-19(20)10-18(13-30-25)17-11-21(26)24(27)23(12-17)33-7-5-29-6-8-33/h3-4,9-14,29H,5-8H2,1-2H3,(H,30,31). The molecule has 1 aliphatic rings. The number of rotatable bonds is 4. The maximum Gasteiger partial charge on any atom is 0.182 e. The van der Waals surface area contributed by atoms with E-state index in [1.165, 1.54) is 6.07 Å². The number of hydrogen-bond acceptors (Lipinski definition) is 5. The van der Waals surface area contributed by atoms with Crippen LogP contribution in [0.5, 0.6) is 0 Å². The maximum absolute atomic E-state index is 14.6. The van der Waals surface area contributed by atoms with Crippen molar-refractivity contribution in [2.24, 2.45) is 10.2 Å². The van der Waals surface area contributed by atoms with Gasteiger partial charge in [0.05, 0.1) is 11.4 Å². The number of halogens is 2. The summed E-state index contributed by atoms with van der Waals surface area (Å²) in [5, 5.41) is 12.1. The van der Waals surface area contributed by atoms with Crippen molar-refractivity contribution in [2.45, 2.75) is 6.92 Å². The fourth-order valence-corrected chi connectivity index (χ4v) is 4.32. The van der Waals surface area contributed by atoms with Gasteiger partial charge in [0.2, 0.25) is 0 Å².